The van der Waals surface area contributed by atoms with E-state index < -0.39 is 0 Å². The molecule has 0 aliphatic carbocycles. The van der Waals surface area contributed by atoms with Crippen LogP contribution in [-0.4, -0.2) is 24.7 Å². The van der Waals surface area contributed by atoms with Crippen molar-refractivity contribution in [1.82, 2.24) is 5.32 Å². The second kappa shape index (κ2) is 7.69. The third-order valence-electron chi connectivity index (χ3n) is 2.30. The molecule has 0 aromatic carbocycles. The highest BCUT2D eigenvalue weighted by molar-refractivity contribution is 5.77. The van der Waals surface area contributed by atoms with Gasteiger partial charge in [0.05, 0.1) is 5.60 Å². The molecule has 0 saturated heterocycles. The molecule has 0 bridgehead atoms. The fraction of sp³-hybridized carbons (Fsp3) is 0.917. The van der Waals surface area contributed by atoms with Crippen LogP contribution in [0.1, 0.15) is 53.4 Å². The van der Waals surface area contributed by atoms with Crippen LogP contribution in [0.5, 0.6) is 0 Å². The topological polar surface area (TPSA) is 38.3 Å². The predicted molar refractivity (Wildman–Crippen MR) is 62.9 cm³/mol. The van der Waals surface area contributed by atoms with E-state index in [1.165, 1.54) is 0 Å². The van der Waals surface area contributed by atoms with Gasteiger partial charge in [-0.2, -0.15) is 0 Å². The maximum atomic E-state index is 11.3. The maximum absolute atomic E-state index is 11.3. The van der Waals surface area contributed by atoms with Gasteiger partial charge in [0, 0.05) is 6.54 Å². The first-order chi connectivity index (χ1) is 7.02. The van der Waals surface area contributed by atoms with Gasteiger partial charge in [-0.25, -0.2) is 0 Å². The van der Waals surface area contributed by atoms with E-state index >= 15 is 0 Å². The second-order valence-electron chi connectivity index (χ2n) is 4.50. The number of amides is 1. The Morgan fingerprint density at radius 1 is 1.27 bits per heavy atom. The number of nitrogens with one attached hydrogen (secondary N) is 1. The van der Waals surface area contributed by atoms with Gasteiger partial charge in [-0.15, -0.1) is 0 Å². The predicted octanol–water partition coefficient (Wildman–Crippen LogP) is 2.50. The van der Waals surface area contributed by atoms with E-state index in [4.69, 9.17) is 4.74 Å². The van der Waals surface area contributed by atoms with Crippen molar-refractivity contribution in [3.05, 3.63) is 0 Å². The second-order valence-corrected chi connectivity index (χ2v) is 4.50. The van der Waals surface area contributed by atoms with Gasteiger partial charge in [-0.3, -0.25) is 4.79 Å². The molecule has 0 heterocycles. The van der Waals surface area contributed by atoms with Crippen molar-refractivity contribution in [1.29, 1.82) is 0 Å². The van der Waals surface area contributed by atoms with Crippen LogP contribution in [0.2, 0.25) is 0 Å². The lowest BCUT2D eigenvalue weighted by molar-refractivity contribution is -0.131. The minimum Gasteiger partial charge on any atom is -0.366 e. The van der Waals surface area contributed by atoms with Crippen molar-refractivity contribution in [2.45, 2.75) is 59.0 Å². The van der Waals surface area contributed by atoms with Crippen molar-refractivity contribution >= 4 is 5.91 Å². The zero-order valence-corrected chi connectivity index (χ0v) is 10.6. The standard InChI is InChI=1S/C12H25NO2/c1-5-7-9-13-11(14)10-15-12(3,4)8-6-2/h5-10H2,1-4H3,(H,13,14). The van der Waals surface area contributed by atoms with Crippen LogP contribution >= 0.6 is 0 Å². The summed E-state index contributed by atoms with van der Waals surface area (Å²) in [5.74, 6) is -0.00683. The quantitative estimate of drug-likeness (QED) is 0.632. The molecular formula is C12H25NO2. The Labute approximate surface area is 93.6 Å². The minimum absolute atomic E-state index is 0.00683. The molecule has 0 fully saturated rings. The number of hydrogen-bond donors (Lipinski definition) is 1. The molecule has 0 aliphatic rings. The fourth-order valence-electron chi connectivity index (χ4n) is 1.39. The Morgan fingerprint density at radius 2 is 1.93 bits per heavy atom. The van der Waals surface area contributed by atoms with E-state index in [0.717, 1.165) is 32.2 Å². The molecule has 0 saturated carbocycles. The molecule has 1 N–H and O–H groups in total. The van der Waals surface area contributed by atoms with Gasteiger partial charge >= 0.3 is 0 Å². The molecule has 3 nitrogen and oxygen atoms in total. The molecule has 15 heavy (non-hydrogen) atoms. The molecule has 1 amide bonds. The van der Waals surface area contributed by atoms with E-state index in [0.29, 0.717) is 0 Å². The van der Waals surface area contributed by atoms with Crippen molar-refractivity contribution < 1.29 is 9.53 Å². The van der Waals surface area contributed by atoms with Crippen LogP contribution < -0.4 is 5.32 Å². The number of hydrogen-bond acceptors (Lipinski definition) is 2. The molecule has 0 atom stereocenters. The number of ether oxygens (including phenoxy) is 1. The summed E-state index contributed by atoms with van der Waals surface area (Å²) in [4.78, 5) is 11.3. The Kier molecular flexibility index (Phi) is 7.39. The van der Waals surface area contributed by atoms with Gasteiger partial charge in [0.25, 0.3) is 0 Å². The molecule has 0 spiro atoms. The minimum atomic E-state index is -0.184. The van der Waals surface area contributed by atoms with Crippen molar-refractivity contribution in [3.63, 3.8) is 0 Å². The summed E-state index contributed by atoms with van der Waals surface area (Å²) in [7, 11) is 0. The highest BCUT2D eigenvalue weighted by Gasteiger charge is 2.18. The Bertz CT molecular complexity index is 178. The van der Waals surface area contributed by atoms with E-state index in [1.54, 1.807) is 0 Å². The van der Waals surface area contributed by atoms with Crippen molar-refractivity contribution in [3.8, 4) is 0 Å². The van der Waals surface area contributed by atoms with Gasteiger partial charge < -0.3 is 10.1 Å². The SMILES string of the molecule is CCCCNC(=O)COC(C)(C)CCC. The molecule has 0 aromatic heterocycles. The lowest BCUT2D eigenvalue weighted by atomic mass is 10.0. The van der Waals surface area contributed by atoms with E-state index in [2.05, 4.69) is 19.2 Å². The molecule has 0 aliphatic heterocycles. The molecule has 0 rings (SSSR count). The van der Waals surface area contributed by atoms with Crippen LogP contribution in [-0.2, 0) is 9.53 Å². The fourth-order valence-corrected chi connectivity index (χ4v) is 1.39. The van der Waals surface area contributed by atoms with Crippen LogP contribution in [0.3, 0.4) is 0 Å². The molecule has 0 radical (unpaired) electrons. The monoisotopic (exact) mass is 215 g/mol. The molecule has 90 valence electrons. The lowest BCUT2D eigenvalue weighted by Gasteiger charge is -2.24. The van der Waals surface area contributed by atoms with Gasteiger partial charge in [0.1, 0.15) is 6.61 Å². The average Bonchev–Trinajstić information content (AvgIpc) is 2.15. The highest BCUT2D eigenvalue weighted by atomic mass is 16.5. The van der Waals surface area contributed by atoms with Crippen LogP contribution in [0.25, 0.3) is 0 Å². The lowest BCUT2D eigenvalue weighted by Crippen LogP contribution is -2.34. The van der Waals surface area contributed by atoms with E-state index in [-0.39, 0.29) is 18.1 Å². The maximum Gasteiger partial charge on any atom is 0.246 e. The number of rotatable bonds is 8. The van der Waals surface area contributed by atoms with Crippen LogP contribution in [0.15, 0.2) is 0 Å². The molecule has 0 unspecified atom stereocenters. The third-order valence-corrected chi connectivity index (χ3v) is 2.30. The smallest absolute Gasteiger partial charge is 0.246 e. The number of unbranched alkanes of at least 4 members (excludes halogenated alkanes) is 1. The summed E-state index contributed by atoms with van der Waals surface area (Å²) in [6.07, 6.45) is 4.19. The van der Waals surface area contributed by atoms with Gasteiger partial charge in [-0.05, 0) is 26.7 Å². The van der Waals surface area contributed by atoms with Crippen molar-refractivity contribution in [2.24, 2.45) is 0 Å². The summed E-state index contributed by atoms with van der Waals surface area (Å²) >= 11 is 0. The van der Waals surface area contributed by atoms with E-state index in [9.17, 15) is 4.79 Å². The first-order valence-corrected chi connectivity index (χ1v) is 5.92. The Morgan fingerprint density at radius 3 is 2.47 bits per heavy atom. The van der Waals surface area contributed by atoms with Crippen LogP contribution in [0, 0.1) is 0 Å². The Hall–Kier alpha value is -0.570. The zero-order valence-electron chi connectivity index (χ0n) is 10.6. The first-order valence-electron chi connectivity index (χ1n) is 5.92. The number of carbonyl (C=O) groups excluding carboxylic acids is 1. The van der Waals surface area contributed by atoms with Gasteiger partial charge in [0.15, 0.2) is 0 Å². The summed E-state index contributed by atoms with van der Waals surface area (Å²) in [5.41, 5.74) is -0.184. The van der Waals surface area contributed by atoms with Gasteiger partial charge in [0.2, 0.25) is 5.91 Å². The summed E-state index contributed by atoms with van der Waals surface area (Å²) in [6, 6.07) is 0. The number of carbonyl (C=O) groups is 1. The largest absolute Gasteiger partial charge is 0.366 e. The molecule has 3 heteroatoms. The summed E-state index contributed by atoms with van der Waals surface area (Å²) < 4.78 is 5.55. The summed E-state index contributed by atoms with van der Waals surface area (Å²) in [6.45, 7) is 9.20. The van der Waals surface area contributed by atoms with Crippen LogP contribution in [0.4, 0.5) is 0 Å². The third kappa shape index (κ3) is 8.43. The summed E-state index contributed by atoms with van der Waals surface area (Å²) in [5, 5.41) is 2.83. The highest BCUT2D eigenvalue weighted by Crippen LogP contribution is 2.15. The first kappa shape index (κ1) is 14.4. The zero-order chi connectivity index (χ0) is 11.7. The molecular weight excluding hydrogens is 190 g/mol. The van der Waals surface area contributed by atoms with E-state index in [1.807, 2.05) is 13.8 Å². The Balaban J connectivity index is 3.60. The van der Waals surface area contributed by atoms with Crippen molar-refractivity contribution in [2.75, 3.05) is 13.2 Å². The molecule has 0 aromatic rings. The van der Waals surface area contributed by atoms with Gasteiger partial charge in [-0.1, -0.05) is 26.7 Å². The normalized spacial score (nSPS) is 11.5. The average molecular weight is 215 g/mol.